The molecule has 24 heavy (non-hydrogen) atoms. The Balaban J connectivity index is 1.60. The van der Waals surface area contributed by atoms with E-state index in [-0.39, 0.29) is 12.7 Å². The van der Waals surface area contributed by atoms with Gasteiger partial charge >= 0.3 is 0 Å². The SMILES string of the molecule is COc1ccc(OC[C@@H](O)CNC2CCN(CC(C)O)CC2)cc1. The molecule has 1 fully saturated rings. The molecule has 2 atom stereocenters. The Kier molecular flexibility index (Phi) is 7.78. The standard InChI is InChI=1S/C18H30N2O4/c1-14(21)12-20-9-7-15(8-10-20)19-11-16(22)13-24-18-5-3-17(23-2)4-6-18/h3-6,14-16,19,21-22H,7-13H2,1-2H3/t14?,16-/m0/s1. The highest BCUT2D eigenvalue weighted by Crippen LogP contribution is 2.17. The van der Waals surface area contributed by atoms with Gasteiger partial charge in [-0.15, -0.1) is 0 Å². The van der Waals surface area contributed by atoms with Crippen LogP contribution in [-0.2, 0) is 0 Å². The monoisotopic (exact) mass is 338 g/mol. The number of rotatable bonds is 9. The van der Waals surface area contributed by atoms with E-state index in [9.17, 15) is 10.2 Å². The van der Waals surface area contributed by atoms with Crippen molar-refractivity contribution in [2.24, 2.45) is 0 Å². The zero-order valence-electron chi connectivity index (χ0n) is 14.6. The largest absolute Gasteiger partial charge is 0.497 e. The zero-order valence-corrected chi connectivity index (χ0v) is 14.6. The second-order valence-corrected chi connectivity index (χ2v) is 6.47. The van der Waals surface area contributed by atoms with E-state index in [1.807, 2.05) is 31.2 Å². The van der Waals surface area contributed by atoms with Gasteiger partial charge in [0, 0.05) is 19.1 Å². The number of piperidine rings is 1. The van der Waals surface area contributed by atoms with Crippen molar-refractivity contribution in [3.05, 3.63) is 24.3 Å². The molecule has 0 saturated carbocycles. The predicted molar refractivity (Wildman–Crippen MR) is 93.6 cm³/mol. The highest BCUT2D eigenvalue weighted by molar-refractivity contribution is 5.31. The molecule has 0 radical (unpaired) electrons. The number of nitrogens with one attached hydrogen (secondary N) is 1. The van der Waals surface area contributed by atoms with E-state index in [2.05, 4.69) is 10.2 Å². The molecule has 1 aromatic carbocycles. The lowest BCUT2D eigenvalue weighted by molar-refractivity contribution is 0.0886. The number of ether oxygens (including phenoxy) is 2. The van der Waals surface area contributed by atoms with Crippen molar-refractivity contribution in [3.63, 3.8) is 0 Å². The minimum absolute atomic E-state index is 0.264. The molecule has 1 heterocycles. The number of nitrogens with zero attached hydrogens (tertiary/aromatic N) is 1. The van der Waals surface area contributed by atoms with Gasteiger partial charge in [0.15, 0.2) is 0 Å². The van der Waals surface area contributed by atoms with Gasteiger partial charge in [-0.05, 0) is 57.1 Å². The van der Waals surface area contributed by atoms with Crippen LogP contribution < -0.4 is 14.8 Å². The molecule has 6 nitrogen and oxygen atoms in total. The molecule has 0 amide bonds. The van der Waals surface area contributed by atoms with Crippen molar-refractivity contribution in [1.29, 1.82) is 0 Å². The Hall–Kier alpha value is -1.34. The van der Waals surface area contributed by atoms with Gasteiger partial charge in [-0.3, -0.25) is 0 Å². The summed E-state index contributed by atoms with van der Waals surface area (Å²) >= 11 is 0. The number of methoxy groups -OCH3 is 1. The molecule has 0 bridgehead atoms. The molecular weight excluding hydrogens is 308 g/mol. The van der Waals surface area contributed by atoms with Gasteiger partial charge in [-0.2, -0.15) is 0 Å². The van der Waals surface area contributed by atoms with Crippen LogP contribution in [0.4, 0.5) is 0 Å². The highest BCUT2D eigenvalue weighted by Gasteiger charge is 2.20. The van der Waals surface area contributed by atoms with Gasteiger partial charge in [0.25, 0.3) is 0 Å². The van der Waals surface area contributed by atoms with E-state index in [0.717, 1.165) is 44.0 Å². The molecule has 1 aliphatic heterocycles. The third kappa shape index (κ3) is 6.65. The highest BCUT2D eigenvalue weighted by atomic mass is 16.5. The Morgan fingerprint density at radius 1 is 1.17 bits per heavy atom. The number of hydrogen-bond acceptors (Lipinski definition) is 6. The molecule has 3 N–H and O–H groups in total. The van der Waals surface area contributed by atoms with Gasteiger partial charge in [-0.25, -0.2) is 0 Å². The first-order chi connectivity index (χ1) is 11.6. The molecule has 0 aliphatic carbocycles. The minimum atomic E-state index is -0.539. The molecule has 1 unspecified atom stereocenters. The summed E-state index contributed by atoms with van der Waals surface area (Å²) in [6, 6.07) is 7.75. The number of aliphatic hydroxyl groups is 2. The van der Waals surface area contributed by atoms with Crippen LogP contribution in [0, 0.1) is 0 Å². The fourth-order valence-electron chi connectivity index (χ4n) is 2.92. The lowest BCUT2D eigenvalue weighted by Gasteiger charge is -2.33. The van der Waals surface area contributed by atoms with Crippen molar-refractivity contribution < 1.29 is 19.7 Å². The van der Waals surface area contributed by atoms with E-state index >= 15 is 0 Å². The van der Waals surface area contributed by atoms with Crippen LogP contribution in [-0.4, -0.2) is 73.3 Å². The van der Waals surface area contributed by atoms with Crippen LogP contribution in [0.1, 0.15) is 19.8 Å². The second kappa shape index (κ2) is 9.84. The Morgan fingerprint density at radius 2 is 1.79 bits per heavy atom. The molecule has 1 aliphatic rings. The van der Waals surface area contributed by atoms with Crippen LogP contribution in [0.15, 0.2) is 24.3 Å². The van der Waals surface area contributed by atoms with Crippen LogP contribution in [0.3, 0.4) is 0 Å². The summed E-state index contributed by atoms with van der Waals surface area (Å²) < 4.78 is 10.7. The van der Waals surface area contributed by atoms with Gasteiger partial charge in [0.1, 0.15) is 24.2 Å². The van der Waals surface area contributed by atoms with Crippen molar-refractivity contribution in [3.8, 4) is 11.5 Å². The predicted octanol–water partition coefficient (Wildman–Crippen LogP) is 0.870. The first-order valence-electron chi connectivity index (χ1n) is 8.65. The summed E-state index contributed by atoms with van der Waals surface area (Å²) in [4.78, 5) is 2.28. The summed E-state index contributed by atoms with van der Waals surface area (Å²) in [6.07, 6.45) is 1.27. The maximum absolute atomic E-state index is 10.1. The fraction of sp³-hybridized carbons (Fsp3) is 0.667. The molecule has 1 aromatic rings. The van der Waals surface area contributed by atoms with Gasteiger partial charge in [-0.1, -0.05) is 0 Å². The first kappa shape index (κ1) is 19.0. The maximum Gasteiger partial charge on any atom is 0.119 e. The fourth-order valence-corrected chi connectivity index (χ4v) is 2.92. The third-order valence-corrected chi connectivity index (χ3v) is 4.25. The lowest BCUT2D eigenvalue weighted by Crippen LogP contribution is -2.46. The van der Waals surface area contributed by atoms with E-state index in [0.29, 0.717) is 12.6 Å². The normalized spacial score (nSPS) is 19.0. The van der Waals surface area contributed by atoms with Crippen LogP contribution >= 0.6 is 0 Å². The third-order valence-electron chi connectivity index (χ3n) is 4.25. The van der Waals surface area contributed by atoms with Crippen molar-refractivity contribution in [2.75, 3.05) is 39.9 Å². The zero-order chi connectivity index (χ0) is 17.4. The molecule has 1 saturated heterocycles. The second-order valence-electron chi connectivity index (χ2n) is 6.47. The van der Waals surface area contributed by atoms with E-state index < -0.39 is 6.10 Å². The summed E-state index contributed by atoms with van der Waals surface area (Å²) in [7, 11) is 1.63. The van der Waals surface area contributed by atoms with Crippen LogP contribution in [0.5, 0.6) is 11.5 Å². The van der Waals surface area contributed by atoms with E-state index in [1.54, 1.807) is 7.11 Å². The molecule has 136 valence electrons. The summed E-state index contributed by atoms with van der Waals surface area (Å²) in [6.45, 7) is 5.33. The van der Waals surface area contributed by atoms with Crippen LogP contribution in [0.25, 0.3) is 0 Å². The molecule has 0 spiro atoms. The smallest absolute Gasteiger partial charge is 0.119 e. The van der Waals surface area contributed by atoms with Gasteiger partial charge in [0.2, 0.25) is 0 Å². The number of likely N-dealkylation sites (tertiary alicyclic amines) is 1. The number of benzene rings is 1. The number of aliphatic hydroxyl groups excluding tert-OH is 2. The molecule has 0 aromatic heterocycles. The van der Waals surface area contributed by atoms with Crippen LogP contribution in [0.2, 0.25) is 0 Å². The molecule has 2 rings (SSSR count). The van der Waals surface area contributed by atoms with E-state index in [1.165, 1.54) is 0 Å². The summed E-state index contributed by atoms with van der Waals surface area (Å²) in [5.41, 5.74) is 0. The van der Waals surface area contributed by atoms with Crippen molar-refractivity contribution in [1.82, 2.24) is 10.2 Å². The summed E-state index contributed by atoms with van der Waals surface area (Å²) in [5, 5.41) is 22.9. The Morgan fingerprint density at radius 3 is 2.38 bits per heavy atom. The average molecular weight is 338 g/mol. The first-order valence-corrected chi connectivity index (χ1v) is 8.65. The van der Waals surface area contributed by atoms with Crippen molar-refractivity contribution in [2.45, 2.75) is 38.0 Å². The Labute approximate surface area is 144 Å². The molecular formula is C18H30N2O4. The number of β-amino-alcohol motifs (C(OH)–C–C–N with tert-alkyl or cyclic N) is 1. The van der Waals surface area contributed by atoms with E-state index in [4.69, 9.17) is 9.47 Å². The van der Waals surface area contributed by atoms with Crippen molar-refractivity contribution >= 4 is 0 Å². The number of hydrogen-bond donors (Lipinski definition) is 3. The average Bonchev–Trinajstić information content (AvgIpc) is 2.59. The lowest BCUT2D eigenvalue weighted by atomic mass is 10.0. The topological polar surface area (TPSA) is 74.2 Å². The summed E-state index contributed by atoms with van der Waals surface area (Å²) in [5.74, 6) is 1.51. The maximum atomic E-state index is 10.1. The van der Waals surface area contributed by atoms with Gasteiger partial charge in [0.05, 0.1) is 13.2 Å². The molecule has 6 heteroatoms. The quantitative estimate of drug-likeness (QED) is 0.620. The minimum Gasteiger partial charge on any atom is -0.497 e. The van der Waals surface area contributed by atoms with Gasteiger partial charge < -0.3 is 29.9 Å². The Bertz CT molecular complexity index is 459.